The lowest BCUT2D eigenvalue weighted by molar-refractivity contribution is 0.0926. The topological polar surface area (TPSA) is 54.9 Å². The van der Waals surface area contributed by atoms with Gasteiger partial charge in [0.25, 0.3) is 5.91 Å². The molecule has 4 nitrogen and oxygen atoms in total. The van der Waals surface area contributed by atoms with Gasteiger partial charge in [0.1, 0.15) is 10.7 Å². The second-order valence-corrected chi connectivity index (χ2v) is 8.61. The number of carbonyl (C=O) groups is 1. The van der Waals surface area contributed by atoms with Gasteiger partial charge < -0.3 is 5.32 Å². The van der Waals surface area contributed by atoms with E-state index in [2.05, 4.69) is 17.2 Å². The first-order valence-electron chi connectivity index (χ1n) is 9.11. The van der Waals surface area contributed by atoms with Gasteiger partial charge in [-0.3, -0.25) is 4.79 Å². The maximum Gasteiger partial charge on any atom is 0.261 e. The van der Waals surface area contributed by atoms with E-state index in [1.165, 1.54) is 37.0 Å². The highest BCUT2D eigenvalue weighted by Gasteiger charge is 2.29. The minimum atomic E-state index is 0.0717. The van der Waals surface area contributed by atoms with E-state index in [4.69, 9.17) is 4.98 Å². The van der Waals surface area contributed by atoms with E-state index in [-0.39, 0.29) is 5.91 Å². The third-order valence-corrected chi connectivity index (χ3v) is 6.67. The molecule has 2 fully saturated rings. The van der Waals surface area contributed by atoms with Gasteiger partial charge in [0.15, 0.2) is 0 Å². The van der Waals surface area contributed by atoms with E-state index in [1.807, 2.05) is 13.8 Å². The lowest BCUT2D eigenvalue weighted by Gasteiger charge is -2.26. The number of nitrogens with one attached hydrogen (secondary N) is 1. The molecule has 1 amide bonds. The van der Waals surface area contributed by atoms with E-state index >= 15 is 0 Å². The van der Waals surface area contributed by atoms with Crippen molar-refractivity contribution >= 4 is 27.5 Å². The van der Waals surface area contributed by atoms with Crippen LogP contribution in [0.15, 0.2) is 0 Å². The highest BCUT2D eigenvalue weighted by molar-refractivity contribution is 7.20. The summed E-state index contributed by atoms with van der Waals surface area (Å²) in [5.74, 6) is 2.37. The Kier molecular flexibility index (Phi) is 4.07. The molecule has 24 heavy (non-hydrogen) atoms. The number of carbonyl (C=O) groups excluding carboxylic acids is 1. The molecule has 128 valence electrons. The molecule has 0 unspecified atom stereocenters. The van der Waals surface area contributed by atoms with Crippen LogP contribution in [0.5, 0.6) is 0 Å². The second-order valence-electron chi connectivity index (χ2n) is 7.61. The zero-order valence-corrected chi connectivity index (χ0v) is 15.5. The van der Waals surface area contributed by atoms with Crippen molar-refractivity contribution in [1.82, 2.24) is 15.3 Å². The summed E-state index contributed by atoms with van der Waals surface area (Å²) in [4.78, 5) is 24.0. The van der Waals surface area contributed by atoms with Gasteiger partial charge in [-0.05, 0) is 63.9 Å². The number of rotatable bonds is 3. The van der Waals surface area contributed by atoms with Crippen LogP contribution in [-0.4, -0.2) is 21.9 Å². The van der Waals surface area contributed by atoms with Gasteiger partial charge in [-0.1, -0.05) is 6.92 Å². The molecule has 0 bridgehead atoms. The Morgan fingerprint density at radius 2 is 1.79 bits per heavy atom. The second kappa shape index (κ2) is 6.10. The summed E-state index contributed by atoms with van der Waals surface area (Å²) >= 11 is 1.53. The fraction of sp³-hybridized carbons (Fsp3) is 0.632. The third-order valence-electron chi connectivity index (χ3n) is 5.49. The molecule has 0 spiro atoms. The summed E-state index contributed by atoms with van der Waals surface area (Å²) < 4.78 is 0. The molecule has 0 aliphatic heterocycles. The van der Waals surface area contributed by atoms with Crippen LogP contribution in [0.25, 0.3) is 10.2 Å². The lowest BCUT2D eigenvalue weighted by atomic mass is 9.87. The van der Waals surface area contributed by atoms with Crippen molar-refractivity contribution in [3.05, 3.63) is 22.0 Å². The van der Waals surface area contributed by atoms with Gasteiger partial charge in [0.2, 0.25) is 0 Å². The first-order valence-corrected chi connectivity index (χ1v) is 9.93. The van der Waals surface area contributed by atoms with Crippen molar-refractivity contribution < 1.29 is 4.79 Å². The Bertz CT molecular complexity index is 785. The molecule has 0 radical (unpaired) electrons. The molecule has 2 aromatic heterocycles. The monoisotopic (exact) mass is 343 g/mol. The molecule has 0 aromatic carbocycles. The summed E-state index contributed by atoms with van der Waals surface area (Å²) in [6.07, 6.45) is 7.02. The van der Waals surface area contributed by atoms with Crippen molar-refractivity contribution in [2.24, 2.45) is 5.92 Å². The Morgan fingerprint density at radius 1 is 1.08 bits per heavy atom. The molecule has 2 aliphatic carbocycles. The molecule has 2 heterocycles. The van der Waals surface area contributed by atoms with Gasteiger partial charge in [-0.25, -0.2) is 9.97 Å². The minimum absolute atomic E-state index is 0.0717. The van der Waals surface area contributed by atoms with E-state index < -0.39 is 0 Å². The van der Waals surface area contributed by atoms with Crippen molar-refractivity contribution in [2.75, 3.05) is 0 Å². The standard InChI is InChI=1S/C19H25N3OS/c1-10-4-8-14(9-5-10)21-18(23)16-11(2)15-12(3)20-17(13-6-7-13)22-19(15)24-16/h10,13-14H,4-9H2,1-3H3,(H,21,23). The lowest BCUT2D eigenvalue weighted by Crippen LogP contribution is -2.37. The van der Waals surface area contributed by atoms with E-state index in [0.717, 1.165) is 50.9 Å². The summed E-state index contributed by atoms with van der Waals surface area (Å²) in [5, 5.41) is 4.33. The molecule has 1 N–H and O–H groups in total. The summed E-state index contributed by atoms with van der Waals surface area (Å²) in [7, 11) is 0. The van der Waals surface area contributed by atoms with E-state index in [0.29, 0.717) is 12.0 Å². The van der Waals surface area contributed by atoms with Crippen LogP contribution in [0.3, 0.4) is 0 Å². The number of hydrogen-bond acceptors (Lipinski definition) is 4. The molecular formula is C19H25N3OS. The number of hydrogen-bond donors (Lipinski definition) is 1. The fourth-order valence-corrected chi connectivity index (χ4v) is 4.90. The largest absolute Gasteiger partial charge is 0.349 e. The summed E-state index contributed by atoms with van der Waals surface area (Å²) in [6, 6.07) is 0.326. The minimum Gasteiger partial charge on any atom is -0.349 e. The number of aromatic nitrogens is 2. The Hall–Kier alpha value is -1.49. The average molecular weight is 343 g/mol. The van der Waals surface area contributed by atoms with Gasteiger partial charge in [0, 0.05) is 17.3 Å². The molecule has 5 heteroatoms. The maximum atomic E-state index is 12.8. The quantitative estimate of drug-likeness (QED) is 0.893. The number of nitrogens with zero attached hydrogens (tertiary/aromatic N) is 2. The maximum absolute atomic E-state index is 12.8. The van der Waals surface area contributed by atoms with Crippen molar-refractivity contribution in [1.29, 1.82) is 0 Å². The van der Waals surface area contributed by atoms with Gasteiger partial charge in [-0.15, -0.1) is 11.3 Å². The van der Waals surface area contributed by atoms with Crippen LogP contribution in [0.1, 0.15) is 78.1 Å². The number of aryl methyl sites for hydroxylation is 2. The Morgan fingerprint density at radius 3 is 2.46 bits per heavy atom. The van der Waals surface area contributed by atoms with Crippen LogP contribution < -0.4 is 5.32 Å². The Balaban J connectivity index is 1.60. The smallest absolute Gasteiger partial charge is 0.261 e. The average Bonchev–Trinajstić information content (AvgIpc) is 3.34. The van der Waals surface area contributed by atoms with Crippen molar-refractivity contribution in [2.45, 2.75) is 71.3 Å². The molecule has 2 aliphatic rings. The van der Waals surface area contributed by atoms with Crippen molar-refractivity contribution in [3.8, 4) is 0 Å². The SMILES string of the molecule is Cc1nc(C2CC2)nc2sc(C(=O)NC3CCC(C)CC3)c(C)c12. The number of thiophene rings is 1. The van der Waals surface area contributed by atoms with Gasteiger partial charge >= 0.3 is 0 Å². The van der Waals surface area contributed by atoms with Gasteiger partial charge in [-0.2, -0.15) is 0 Å². The zero-order chi connectivity index (χ0) is 16.8. The third kappa shape index (κ3) is 2.94. The predicted molar refractivity (Wildman–Crippen MR) is 97.8 cm³/mol. The van der Waals surface area contributed by atoms with Crippen LogP contribution in [-0.2, 0) is 0 Å². The molecule has 4 rings (SSSR count). The molecule has 2 aromatic rings. The Labute approximate surface area is 147 Å². The fourth-order valence-electron chi connectivity index (χ4n) is 3.76. The van der Waals surface area contributed by atoms with Crippen LogP contribution >= 0.6 is 11.3 Å². The molecule has 0 atom stereocenters. The number of amides is 1. The number of fused-ring (bicyclic) bond motifs is 1. The first-order chi connectivity index (χ1) is 11.5. The van der Waals surface area contributed by atoms with Crippen molar-refractivity contribution in [3.63, 3.8) is 0 Å². The van der Waals surface area contributed by atoms with Crippen LogP contribution in [0, 0.1) is 19.8 Å². The molecule has 2 saturated carbocycles. The van der Waals surface area contributed by atoms with Crippen LogP contribution in [0.2, 0.25) is 0 Å². The molecule has 0 saturated heterocycles. The summed E-state index contributed by atoms with van der Waals surface area (Å²) in [5.41, 5.74) is 2.05. The highest BCUT2D eigenvalue weighted by atomic mass is 32.1. The van der Waals surface area contributed by atoms with E-state index in [9.17, 15) is 4.79 Å². The van der Waals surface area contributed by atoms with Crippen LogP contribution in [0.4, 0.5) is 0 Å². The molecular weight excluding hydrogens is 318 g/mol. The zero-order valence-electron chi connectivity index (χ0n) is 14.7. The summed E-state index contributed by atoms with van der Waals surface area (Å²) in [6.45, 7) is 6.37. The van der Waals surface area contributed by atoms with E-state index in [1.54, 1.807) is 0 Å². The highest BCUT2D eigenvalue weighted by Crippen LogP contribution is 2.40. The van der Waals surface area contributed by atoms with Gasteiger partial charge in [0.05, 0.1) is 10.6 Å². The normalized spacial score (nSPS) is 24.3. The first kappa shape index (κ1) is 16.0. The predicted octanol–water partition coefficient (Wildman–Crippen LogP) is 4.49.